The molecule has 1 aromatic rings. The SMILES string of the molecule is Cc1ncc(NC2CC(C)(C)C2)cn1. The molecule has 14 heavy (non-hydrogen) atoms. The number of aryl methyl sites for hydroxylation is 1. The van der Waals surface area contributed by atoms with Crippen LogP contribution in [-0.2, 0) is 0 Å². The Morgan fingerprint density at radius 3 is 2.36 bits per heavy atom. The molecule has 1 aliphatic carbocycles. The summed E-state index contributed by atoms with van der Waals surface area (Å²) in [5.74, 6) is 0.824. The van der Waals surface area contributed by atoms with Crippen LogP contribution in [0.5, 0.6) is 0 Å². The van der Waals surface area contributed by atoms with E-state index in [2.05, 4.69) is 29.1 Å². The molecule has 3 nitrogen and oxygen atoms in total. The average Bonchev–Trinajstić information content (AvgIpc) is 2.06. The van der Waals surface area contributed by atoms with Crippen molar-refractivity contribution in [3.8, 4) is 0 Å². The van der Waals surface area contributed by atoms with Crippen molar-refractivity contribution in [2.75, 3.05) is 5.32 Å². The highest BCUT2D eigenvalue weighted by atomic mass is 15.0. The molecule has 1 N–H and O–H groups in total. The Balaban J connectivity index is 1.90. The Hall–Kier alpha value is -1.12. The van der Waals surface area contributed by atoms with Gasteiger partial charge in [0.15, 0.2) is 0 Å². The lowest BCUT2D eigenvalue weighted by Crippen LogP contribution is -2.41. The van der Waals surface area contributed by atoms with Crippen molar-refractivity contribution in [3.63, 3.8) is 0 Å². The molecule has 3 heteroatoms. The van der Waals surface area contributed by atoms with Gasteiger partial charge in [0.2, 0.25) is 0 Å². The summed E-state index contributed by atoms with van der Waals surface area (Å²) in [6.07, 6.45) is 6.18. The largest absolute Gasteiger partial charge is 0.380 e. The first-order valence-corrected chi connectivity index (χ1v) is 5.10. The van der Waals surface area contributed by atoms with E-state index in [0.29, 0.717) is 11.5 Å². The number of nitrogens with one attached hydrogen (secondary N) is 1. The van der Waals surface area contributed by atoms with Crippen molar-refractivity contribution in [1.82, 2.24) is 9.97 Å². The van der Waals surface area contributed by atoms with E-state index in [-0.39, 0.29) is 0 Å². The van der Waals surface area contributed by atoms with E-state index in [1.54, 1.807) is 0 Å². The van der Waals surface area contributed by atoms with Gasteiger partial charge in [-0.2, -0.15) is 0 Å². The summed E-state index contributed by atoms with van der Waals surface area (Å²) in [5.41, 5.74) is 1.56. The topological polar surface area (TPSA) is 37.8 Å². The lowest BCUT2D eigenvalue weighted by atomic mass is 9.68. The second kappa shape index (κ2) is 3.23. The molecule has 1 fully saturated rings. The molecule has 0 amide bonds. The average molecular weight is 191 g/mol. The third kappa shape index (κ3) is 2.03. The molecular formula is C11H17N3. The van der Waals surface area contributed by atoms with Gasteiger partial charge < -0.3 is 5.32 Å². The van der Waals surface area contributed by atoms with Crippen LogP contribution in [0.15, 0.2) is 12.4 Å². The van der Waals surface area contributed by atoms with Crippen LogP contribution in [0.4, 0.5) is 5.69 Å². The highest BCUT2D eigenvalue weighted by Gasteiger charge is 2.35. The van der Waals surface area contributed by atoms with Crippen molar-refractivity contribution in [3.05, 3.63) is 18.2 Å². The van der Waals surface area contributed by atoms with Gasteiger partial charge in [-0.05, 0) is 25.2 Å². The molecule has 0 saturated heterocycles. The molecule has 0 radical (unpaired) electrons. The number of anilines is 1. The highest BCUT2D eigenvalue weighted by Crippen LogP contribution is 2.41. The molecule has 0 unspecified atom stereocenters. The summed E-state index contributed by atoms with van der Waals surface area (Å²) in [5, 5.41) is 3.44. The molecular weight excluding hydrogens is 174 g/mol. The maximum absolute atomic E-state index is 4.15. The smallest absolute Gasteiger partial charge is 0.125 e. The van der Waals surface area contributed by atoms with Gasteiger partial charge in [0, 0.05) is 6.04 Å². The molecule has 1 aromatic heterocycles. The zero-order valence-electron chi connectivity index (χ0n) is 9.04. The second-order valence-electron chi connectivity index (χ2n) is 4.93. The van der Waals surface area contributed by atoms with E-state index < -0.39 is 0 Å². The maximum atomic E-state index is 4.15. The highest BCUT2D eigenvalue weighted by molar-refractivity contribution is 5.39. The quantitative estimate of drug-likeness (QED) is 0.780. The van der Waals surface area contributed by atoms with Crippen LogP contribution in [0, 0.1) is 12.3 Å². The molecule has 0 spiro atoms. The summed E-state index contributed by atoms with van der Waals surface area (Å²) >= 11 is 0. The van der Waals surface area contributed by atoms with Crippen LogP contribution in [0.25, 0.3) is 0 Å². The minimum Gasteiger partial charge on any atom is -0.380 e. The van der Waals surface area contributed by atoms with Gasteiger partial charge in [-0.15, -0.1) is 0 Å². The lowest BCUT2D eigenvalue weighted by molar-refractivity contribution is 0.167. The lowest BCUT2D eigenvalue weighted by Gasteiger charge is -2.43. The van der Waals surface area contributed by atoms with Crippen LogP contribution in [0.3, 0.4) is 0 Å². The Bertz CT molecular complexity index is 308. The first kappa shape index (κ1) is 9.44. The summed E-state index contributed by atoms with van der Waals surface area (Å²) in [7, 11) is 0. The molecule has 76 valence electrons. The van der Waals surface area contributed by atoms with E-state index in [1.165, 1.54) is 12.8 Å². The number of aromatic nitrogens is 2. The Morgan fingerprint density at radius 2 is 1.86 bits per heavy atom. The predicted molar refractivity (Wildman–Crippen MR) is 57.2 cm³/mol. The fourth-order valence-corrected chi connectivity index (χ4v) is 2.08. The Morgan fingerprint density at radius 1 is 1.29 bits per heavy atom. The fourth-order valence-electron chi connectivity index (χ4n) is 2.08. The van der Waals surface area contributed by atoms with Crippen LogP contribution in [0.2, 0.25) is 0 Å². The van der Waals surface area contributed by atoms with Crippen molar-refractivity contribution in [2.45, 2.75) is 39.7 Å². The molecule has 0 atom stereocenters. The monoisotopic (exact) mass is 191 g/mol. The van der Waals surface area contributed by atoms with Gasteiger partial charge in [-0.1, -0.05) is 13.8 Å². The number of rotatable bonds is 2. The van der Waals surface area contributed by atoms with E-state index in [0.717, 1.165) is 11.5 Å². The van der Waals surface area contributed by atoms with E-state index in [1.807, 2.05) is 19.3 Å². The minimum atomic E-state index is 0.517. The predicted octanol–water partition coefficient (Wildman–Crippen LogP) is 2.39. The molecule has 0 aromatic carbocycles. The Kier molecular flexibility index (Phi) is 2.17. The first-order valence-electron chi connectivity index (χ1n) is 5.10. The van der Waals surface area contributed by atoms with Gasteiger partial charge in [-0.25, -0.2) is 9.97 Å². The van der Waals surface area contributed by atoms with Crippen LogP contribution in [-0.4, -0.2) is 16.0 Å². The fraction of sp³-hybridized carbons (Fsp3) is 0.636. The molecule has 2 rings (SSSR count). The summed E-state index contributed by atoms with van der Waals surface area (Å²) in [4.78, 5) is 8.31. The zero-order valence-corrected chi connectivity index (χ0v) is 9.04. The first-order chi connectivity index (χ1) is 6.55. The van der Waals surface area contributed by atoms with Crippen molar-refractivity contribution in [2.24, 2.45) is 5.41 Å². The number of hydrogen-bond acceptors (Lipinski definition) is 3. The maximum Gasteiger partial charge on any atom is 0.125 e. The normalized spacial score (nSPS) is 20.2. The van der Waals surface area contributed by atoms with Crippen molar-refractivity contribution < 1.29 is 0 Å². The molecule has 1 aliphatic rings. The Labute approximate surface area is 85.0 Å². The number of nitrogens with zero attached hydrogens (tertiary/aromatic N) is 2. The molecule has 0 aliphatic heterocycles. The van der Waals surface area contributed by atoms with Gasteiger partial charge in [0.25, 0.3) is 0 Å². The van der Waals surface area contributed by atoms with Gasteiger partial charge >= 0.3 is 0 Å². The van der Waals surface area contributed by atoms with Crippen LogP contribution < -0.4 is 5.32 Å². The number of hydrogen-bond donors (Lipinski definition) is 1. The summed E-state index contributed by atoms with van der Waals surface area (Å²) < 4.78 is 0. The molecule has 1 heterocycles. The van der Waals surface area contributed by atoms with Crippen LogP contribution in [0.1, 0.15) is 32.5 Å². The van der Waals surface area contributed by atoms with Gasteiger partial charge in [0.05, 0.1) is 18.1 Å². The van der Waals surface area contributed by atoms with E-state index in [4.69, 9.17) is 0 Å². The van der Waals surface area contributed by atoms with Gasteiger partial charge in [0.1, 0.15) is 5.82 Å². The van der Waals surface area contributed by atoms with Gasteiger partial charge in [-0.3, -0.25) is 0 Å². The summed E-state index contributed by atoms with van der Waals surface area (Å²) in [6.45, 7) is 6.50. The van der Waals surface area contributed by atoms with E-state index in [9.17, 15) is 0 Å². The zero-order chi connectivity index (χ0) is 10.2. The summed E-state index contributed by atoms with van der Waals surface area (Å²) in [6, 6.07) is 0.608. The molecule has 0 bridgehead atoms. The standard InChI is InChI=1S/C11H17N3/c1-8-12-6-10(7-13-8)14-9-4-11(2,3)5-9/h6-7,9,14H,4-5H2,1-3H3. The van der Waals surface area contributed by atoms with Crippen molar-refractivity contribution >= 4 is 5.69 Å². The molecule has 1 saturated carbocycles. The third-order valence-corrected chi connectivity index (χ3v) is 2.75. The van der Waals surface area contributed by atoms with Crippen molar-refractivity contribution in [1.29, 1.82) is 0 Å². The minimum absolute atomic E-state index is 0.517. The van der Waals surface area contributed by atoms with E-state index >= 15 is 0 Å². The second-order valence-corrected chi connectivity index (χ2v) is 4.93. The van der Waals surface area contributed by atoms with Crippen LogP contribution >= 0.6 is 0 Å². The third-order valence-electron chi connectivity index (χ3n) is 2.75.